The summed E-state index contributed by atoms with van der Waals surface area (Å²) >= 11 is 3.73. The highest BCUT2D eigenvalue weighted by Crippen LogP contribution is 2.47. The molecule has 0 radical (unpaired) electrons. The number of hydrogen-bond donors (Lipinski definition) is 1. The van der Waals surface area contributed by atoms with E-state index in [0.29, 0.717) is 40.3 Å². The van der Waals surface area contributed by atoms with E-state index in [9.17, 15) is 9.90 Å². The number of phenols is 1. The maximum atomic E-state index is 12.9. The summed E-state index contributed by atoms with van der Waals surface area (Å²) in [7, 11) is 4.69. The smallest absolute Gasteiger partial charge is 0.361 e. The third-order valence-electron chi connectivity index (χ3n) is 5.62. The van der Waals surface area contributed by atoms with Gasteiger partial charge in [0.25, 0.3) is 0 Å². The van der Waals surface area contributed by atoms with Gasteiger partial charge in [0.05, 0.1) is 31.5 Å². The number of ether oxygens (including phenoxy) is 3. The number of aromatic hydroxyl groups is 1. The lowest BCUT2D eigenvalue weighted by Gasteiger charge is -2.22. The molecule has 4 aromatic rings. The van der Waals surface area contributed by atoms with Crippen LogP contribution in [0, 0.1) is 0 Å². The summed E-state index contributed by atoms with van der Waals surface area (Å²) in [6.45, 7) is 0.616. The normalized spacial score (nSPS) is 12.7. The zero-order valence-electron chi connectivity index (χ0n) is 16.5. The van der Waals surface area contributed by atoms with Crippen molar-refractivity contribution in [3.8, 4) is 34.3 Å². The Hall–Kier alpha value is -3.13. The monoisotopic (exact) mass is 471 g/mol. The number of nitrogens with zero attached hydrogens (tertiary/aromatic N) is 1. The van der Waals surface area contributed by atoms with Gasteiger partial charge >= 0.3 is 5.63 Å². The molecule has 2 aromatic heterocycles. The lowest BCUT2D eigenvalue weighted by Crippen LogP contribution is -2.14. The number of aryl methyl sites for hydroxylation is 2. The average Bonchev–Trinajstić information content (AvgIpc) is 3.06. The number of benzene rings is 2. The summed E-state index contributed by atoms with van der Waals surface area (Å²) in [5.41, 5.74) is 3.24. The Kier molecular flexibility index (Phi) is 4.21. The van der Waals surface area contributed by atoms with E-state index in [4.69, 9.17) is 18.6 Å². The second-order valence-electron chi connectivity index (χ2n) is 7.06. The zero-order chi connectivity index (χ0) is 21.2. The van der Waals surface area contributed by atoms with Crippen LogP contribution in [0.15, 0.2) is 37.9 Å². The summed E-state index contributed by atoms with van der Waals surface area (Å²) < 4.78 is 24.5. The fraction of sp³-hybridized carbons (Fsp3) is 0.227. The molecule has 154 valence electrons. The first kappa shape index (κ1) is 18.9. The van der Waals surface area contributed by atoms with Gasteiger partial charge in [0.1, 0.15) is 11.1 Å². The van der Waals surface area contributed by atoms with Crippen LogP contribution in [-0.4, -0.2) is 31.0 Å². The quantitative estimate of drug-likeness (QED) is 0.444. The number of rotatable bonds is 3. The molecule has 0 saturated heterocycles. The molecule has 0 aliphatic carbocycles. The van der Waals surface area contributed by atoms with E-state index in [2.05, 4.69) is 15.9 Å². The number of phenolic OH excluding ortho intramolecular Hbond substituents is 1. The van der Waals surface area contributed by atoms with Gasteiger partial charge in [0, 0.05) is 28.9 Å². The maximum absolute atomic E-state index is 12.9. The van der Waals surface area contributed by atoms with Gasteiger partial charge in [0.2, 0.25) is 0 Å². The molecule has 0 fully saturated rings. The average molecular weight is 472 g/mol. The SMILES string of the molecule is COc1cc2c(cc1O)oc(=O)c1c2c(Br)c2n1CCc1cc(OC)c(OC)cc1-2. The molecule has 0 atom stereocenters. The van der Waals surface area contributed by atoms with Crippen LogP contribution >= 0.6 is 15.9 Å². The summed E-state index contributed by atoms with van der Waals surface area (Å²) in [6.07, 6.45) is 0.731. The molecule has 1 aliphatic heterocycles. The first-order valence-corrected chi connectivity index (χ1v) is 10.1. The number of methoxy groups -OCH3 is 3. The molecule has 0 unspecified atom stereocenters. The van der Waals surface area contributed by atoms with Crippen molar-refractivity contribution in [1.29, 1.82) is 0 Å². The predicted octanol–water partition coefficient (Wildman–Crippen LogP) is 4.46. The van der Waals surface area contributed by atoms with Crippen molar-refractivity contribution in [2.24, 2.45) is 0 Å². The molecule has 7 nitrogen and oxygen atoms in total. The number of fused-ring (bicyclic) bond motifs is 7. The minimum Gasteiger partial charge on any atom is -0.504 e. The highest BCUT2D eigenvalue weighted by molar-refractivity contribution is 9.10. The first-order chi connectivity index (χ1) is 14.5. The lowest BCUT2D eigenvalue weighted by atomic mass is 9.97. The molecule has 1 N–H and O–H groups in total. The van der Waals surface area contributed by atoms with Crippen molar-refractivity contribution >= 4 is 37.8 Å². The number of aromatic nitrogens is 1. The third-order valence-corrected chi connectivity index (χ3v) is 6.39. The highest BCUT2D eigenvalue weighted by Gasteiger charge is 2.28. The van der Waals surface area contributed by atoms with Gasteiger partial charge in [-0.05, 0) is 46.1 Å². The fourth-order valence-electron chi connectivity index (χ4n) is 4.25. The van der Waals surface area contributed by atoms with E-state index in [1.807, 2.05) is 16.7 Å². The van der Waals surface area contributed by atoms with Gasteiger partial charge in [-0.3, -0.25) is 0 Å². The molecule has 30 heavy (non-hydrogen) atoms. The van der Waals surface area contributed by atoms with Gasteiger partial charge in [-0.2, -0.15) is 0 Å². The van der Waals surface area contributed by atoms with Crippen LogP contribution in [0.3, 0.4) is 0 Å². The molecule has 8 heteroatoms. The standard InChI is InChI=1S/C22H18BrNO6/c1-27-15-8-12-14(9-13(15)25)30-22(26)21-18(12)19(23)20-11-7-17(29-3)16(28-2)6-10(11)4-5-24(20)21/h6-9,25H,4-5H2,1-3H3. The molecule has 0 amide bonds. The summed E-state index contributed by atoms with van der Waals surface area (Å²) in [5.74, 6) is 1.50. The predicted molar refractivity (Wildman–Crippen MR) is 116 cm³/mol. The van der Waals surface area contributed by atoms with Crippen LogP contribution in [0.4, 0.5) is 0 Å². The van der Waals surface area contributed by atoms with Gasteiger partial charge in [-0.1, -0.05) is 0 Å². The summed E-state index contributed by atoms with van der Waals surface area (Å²) in [5, 5.41) is 11.5. The third kappa shape index (κ3) is 2.46. The van der Waals surface area contributed by atoms with E-state index >= 15 is 0 Å². The Morgan fingerprint density at radius 3 is 2.43 bits per heavy atom. The summed E-state index contributed by atoms with van der Waals surface area (Å²) in [4.78, 5) is 12.9. The van der Waals surface area contributed by atoms with E-state index in [0.717, 1.165) is 33.1 Å². The topological polar surface area (TPSA) is 83.1 Å². The van der Waals surface area contributed by atoms with Crippen LogP contribution < -0.4 is 19.8 Å². The zero-order valence-corrected chi connectivity index (χ0v) is 18.1. The lowest BCUT2D eigenvalue weighted by molar-refractivity contribution is 0.354. The van der Waals surface area contributed by atoms with Crippen LogP contribution in [0.5, 0.6) is 23.0 Å². The van der Waals surface area contributed by atoms with Gasteiger partial charge in [0.15, 0.2) is 23.0 Å². The number of hydrogen-bond acceptors (Lipinski definition) is 6. The van der Waals surface area contributed by atoms with Gasteiger partial charge in [-0.25, -0.2) is 4.79 Å². The van der Waals surface area contributed by atoms with E-state index < -0.39 is 5.63 Å². The maximum Gasteiger partial charge on any atom is 0.361 e. The van der Waals surface area contributed by atoms with Crippen LogP contribution in [0.25, 0.3) is 33.1 Å². The van der Waals surface area contributed by atoms with E-state index in [1.54, 1.807) is 20.3 Å². The minimum absolute atomic E-state index is 0.0882. The largest absolute Gasteiger partial charge is 0.504 e. The van der Waals surface area contributed by atoms with Crippen molar-refractivity contribution in [3.63, 3.8) is 0 Å². The molecule has 1 aliphatic rings. The first-order valence-electron chi connectivity index (χ1n) is 9.29. The minimum atomic E-state index is -0.460. The second-order valence-corrected chi connectivity index (χ2v) is 7.85. The molecule has 0 bridgehead atoms. The van der Waals surface area contributed by atoms with Crippen molar-refractivity contribution in [2.75, 3.05) is 21.3 Å². The van der Waals surface area contributed by atoms with Gasteiger partial charge in [-0.15, -0.1) is 0 Å². The number of halogens is 1. The highest BCUT2D eigenvalue weighted by atomic mass is 79.9. The second kappa shape index (κ2) is 6.70. The van der Waals surface area contributed by atoms with Crippen LogP contribution in [-0.2, 0) is 13.0 Å². The Bertz CT molecular complexity index is 1400. The Morgan fingerprint density at radius 2 is 1.73 bits per heavy atom. The van der Waals surface area contributed by atoms with E-state index in [-0.39, 0.29) is 5.75 Å². The van der Waals surface area contributed by atoms with Crippen molar-refractivity contribution in [3.05, 3.63) is 44.7 Å². The fourth-order valence-corrected chi connectivity index (χ4v) is 5.08. The van der Waals surface area contributed by atoms with E-state index in [1.165, 1.54) is 13.2 Å². The van der Waals surface area contributed by atoms with Crippen molar-refractivity contribution in [2.45, 2.75) is 13.0 Å². The molecule has 2 aromatic carbocycles. The molecule has 5 rings (SSSR count). The summed E-state index contributed by atoms with van der Waals surface area (Å²) in [6, 6.07) is 6.99. The molecular weight excluding hydrogens is 454 g/mol. The van der Waals surface area contributed by atoms with Crippen LogP contribution in [0.2, 0.25) is 0 Å². The molecule has 0 saturated carbocycles. The molecule has 3 heterocycles. The Balaban J connectivity index is 1.92. The molecule has 0 spiro atoms. The van der Waals surface area contributed by atoms with Gasteiger partial charge < -0.3 is 28.3 Å². The molecular formula is C22H18BrNO6. The van der Waals surface area contributed by atoms with Crippen molar-refractivity contribution in [1.82, 2.24) is 4.57 Å². The Labute approximate surface area is 179 Å². The Morgan fingerprint density at radius 1 is 1.03 bits per heavy atom. The van der Waals surface area contributed by atoms with Crippen LogP contribution in [0.1, 0.15) is 5.56 Å². The van der Waals surface area contributed by atoms with Crippen molar-refractivity contribution < 1.29 is 23.7 Å².